The normalized spacial score (nSPS) is 41.3. The largest absolute Gasteiger partial charge is 0.371 e. The topological polar surface area (TPSA) is 47.9 Å². The van der Waals surface area contributed by atoms with Gasteiger partial charge in [0.25, 0.3) is 0 Å². The molecule has 0 amide bonds. The number of ether oxygens (including phenoxy) is 2. The molecule has 4 nitrogen and oxygen atoms in total. The molecule has 2 bridgehead atoms. The van der Waals surface area contributed by atoms with Crippen molar-refractivity contribution in [1.82, 2.24) is 0 Å². The van der Waals surface area contributed by atoms with Crippen molar-refractivity contribution < 1.29 is 19.6 Å². The summed E-state index contributed by atoms with van der Waals surface area (Å²) in [6, 6.07) is 0. The lowest BCUT2D eigenvalue weighted by Gasteiger charge is -2.45. The minimum absolute atomic E-state index is 0.0370. The predicted molar refractivity (Wildman–Crippen MR) is 79.7 cm³/mol. The van der Waals surface area contributed by atoms with Crippen LogP contribution in [0.1, 0.15) is 32.6 Å². The zero-order valence-electron chi connectivity index (χ0n) is 11.6. The van der Waals surface area contributed by atoms with Crippen LogP contribution in [-0.4, -0.2) is 40.6 Å². The number of alkyl halides is 1. The van der Waals surface area contributed by atoms with Gasteiger partial charge in [-0.2, -0.15) is 0 Å². The van der Waals surface area contributed by atoms with Crippen LogP contribution in [0.25, 0.3) is 0 Å². The molecule has 5 heteroatoms. The van der Waals surface area contributed by atoms with Crippen molar-refractivity contribution in [2.45, 2.75) is 68.0 Å². The first kappa shape index (κ1) is 16.0. The summed E-state index contributed by atoms with van der Waals surface area (Å²) in [5.74, 6) is 2.48. The van der Waals surface area contributed by atoms with E-state index in [1.807, 2.05) is 6.08 Å². The Hall–Kier alpha value is -0.380. The van der Waals surface area contributed by atoms with E-state index in [2.05, 4.69) is 33.7 Å². The van der Waals surface area contributed by atoms with E-state index in [-0.39, 0.29) is 35.3 Å². The molecule has 3 heterocycles. The van der Waals surface area contributed by atoms with Gasteiger partial charge in [0, 0.05) is 11.2 Å². The maximum Gasteiger partial charge on any atom is 0.121 e. The van der Waals surface area contributed by atoms with Crippen molar-refractivity contribution in [3.8, 4) is 12.3 Å². The molecule has 0 unspecified atom stereocenters. The molecule has 3 aliphatic rings. The zero-order chi connectivity index (χ0) is 14.5. The van der Waals surface area contributed by atoms with Gasteiger partial charge in [-0.3, -0.25) is 5.26 Å². The second-order valence-corrected chi connectivity index (χ2v) is 6.45. The smallest absolute Gasteiger partial charge is 0.121 e. The van der Waals surface area contributed by atoms with Gasteiger partial charge in [0.05, 0.1) is 24.4 Å². The van der Waals surface area contributed by atoms with Crippen LogP contribution in [0, 0.1) is 12.3 Å². The van der Waals surface area contributed by atoms with Gasteiger partial charge in [-0.1, -0.05) is 34.9 Å². The summed E-state index contributed by atoms with van der Waals surface area (Å²) < 4.78 is 12.2. The van der Waals surface area contributed by atoms with Crippen molar-refractivity contribution in [3.63, 3.8) is 0 Å². The van der Waals surface area contributed by atoms with Gasteiger partial charge < -0.3 is 9.47 Å². The number of allylic oxidation sites excluding steroid dienone is 1. The van der Waals surface area contributed by atoms with Gasteiger partial charge in [0.1, 0.15) is 6.10 Å². The highest BCUT2D eigenvalue weighted by atomic mass is 79.9. The Kier molecular flexibility index (Phi) is 6.06. The SMILES string of the molecule is C#C/C=C\C[C@@H]1O[C@@H]2C[C@@H](Br)[C@H](CC)O[C@H]1C[C@@H]2OO. The molecular weight excluding hydrogens is 324 g/mol. The number of halogens is 1. The molecular formula is C15H21BrO4. The van der Waals surface area contributed by atoms with Crippen molar-refractivity contribution in [1.29, 1.82) is 0 Å². The van der Waals surface area contributed by atoms with Gasteiger partial charge in [-0.25, -0.2) is 4.89 Å². The quantitative estimate of drug-likeness (QED) is 0.368. The number of hydrogen-bond acceptors (Lipinski definition) is 4. The molecule has 112 valence electrons. The lowest BCUT2D eigenvalue weighted by atomic mass is 9.90. The molecule has 0 aromatic rings. The summed E-state index contributed by atoms with van der Waals surface area (Å²) in [4.78, 5) is 4.78. The highest BCUT2D eigenvalue weighted by Gasteiger charge is 2.44. The molecule has 0 aromatic heterocycles. The van der Waals surface area contributed by atoms with Crippen LogP contribution in [0.2, 0.25) is 0 Å². The van der Waals surface area contributed by atoms with Crippen LogP contribution in [0.3, 0.4) is 0 Å². The van der Waals surface area contributed by atoms with Crippen LogP contribution in [0.4, 0.5) is 0 Å². The lowest BCUT2D eigenvalue weighted by Crippen LogP contribution is -2.54. The molecule has 1 N–H and O–H groups in total. The first-order chi connectivity index (χ1) is 9.69. The number of rotatable bonds is 4. The van der Waals surface area contributed by atoms with E-state index in [1.54, 1.807) is 6.08 Å². The molecule has 0 saturated carbocycles. The van der Waals surface area contributed by atoms with E-state index in [4.69, 9.17) is 21.2 Å². The van der Waals surface area contributed by atoms with Crippen LogP contribution >= 0.6 is 15.9 Å². The maximum absolute atomic E-state index is 9.05. The summed E-state index contributed by atoms with van der Waals surface area (Å²) in [7, 11) is 0. The standard InChI is InChI=1S/C15H21BrO4/c1-3-5-6-7-12-14-9-15(20-17)13(19-12)8-10(16)11(4-2)18-14/h1,5-6,10-15,17H,4,7-9H2,2H3/b6-5-/t10-,11+,12+,13-,14+,15+/m1/s1. The summed E-state index contributed by atoms with van der Waals surface area (Å²) in [6.07, 6.45) is 11.5. The molecule has 6 atom stereocenters. The Bertz CT molecular complexity index is 377. The van der Waals surface area contributed by atoms with E-state index >= 15 is 0 Å². The third-order valence-electron chi connectivity index (χ3n) is 3.97. The van der Waals surface area contributed by atoms with E-state index in [0.29, 0.717) is 12.8 Å². The minimum Gasteiger partial charge on any atom is -0.371 e. The third kappa shape index (κ3) is 3.63. The predicted octanol–water partition coefficient (Wildman–Crippen LogP) is 2.91. The summed E-state index contributed by atoms with van der Waals surface area (Å²) in [5, 5.41) is 9.05. The van der Waals surface area contributed by atoms with Crippen LogP contribution in [0.15, 0.2) is 12.2 Å². The van der Waals surface area contributed by atoms with Gasteiger partial charge in [0.15, 0.2) is 0 Å². The van der Waals surface area contributed by atoms with Gasteiger partial charge in [-0.05, 0) is 25.3 Å². The van der Waals surface area contributed by atoms with Gasteiger partial charge >= 0.3 is 0 Å². The van der Waals surface area contributed by atoms with Crippen molar-refractivity contribution in [2.75, 3.05) is 0 Å². The van der Waals surface area contributed by atoms with E-state index in [9.17, 15) is 0 Å². The number of hydrogen-bond donors (Lipinski definition) is 1. The lowest BCUT2D eigenvalue weighted by molar-refractivity contribution is -0.334. The second kappa shape index (κ2) is 7.58. The molecule has 3 aliphatic heterocycles. The molecule has 20 heavy (non-hydrogen) atoms. The molecule has 3 saturated heterocycles. The van der Waals surface area contributed by atoms with Crippen molar-refractivity contribution in [2.24, 2.45) is 0 Å². The van der Waals surface area contributed by atoms with E-state index < -0.39 is 0 Å². The first-order valence-electron chi connectivity index (χ1n) is 7.05. The minimum atomic E-state index is -0.328. The summed E-state index contributed by atoms with van der Waals surface area (Å²) >= 11 is 3.66. The number of fused-ring (bicyclic) bond motifs is 5. The van der Waals surface area contributed by atoms with Crippen LogP contribution < -0.4 is 0 Å². The first-order valence-corrected chi connectivity index (χ1v) is 7.97. The Morgan fingerprint density at radius 2 is 2.10 bits per heavy atom. The highest BCUT2D eigenvalue weighted by molar-refractivity contribution is 9.09. The van der Waals surface area contributed by atoms with Crippen molar-refractivity contribution in [3.05, 3.63) is 12.2 Å². The molecule has 0 aromatic carbocycles. The molecule has 0 radical (unpaired) electrons. The van der Waals surface area contributed by atoms with Gasteiger partial charge in [-0.15, -0.1) is 6.42 Å². The second-order valence-electron chi connectivity index (χ2n) is 5.27. The highest BCUT2D eigenvalue weighted by Crippen LogP contribution is 2.36. The van der Waals surface area contributed by atoms with Crippen molar-refractivity contribution >= 4 is 15.9 Å². The molecule has 0 aliphatic carbocycles. The average molecular weight is 345 g/mol. The fourth-order valence-corrected chi connectivity index (χ4v) is 3.77. The maximum atomic E-state index is 9.05. The number of terminal acetylenes is 1. The molecule has 3 rings (SSSR count). The molecule has 0 spiro atoms. The van der Waals surface area contributed by atoms with E-state index in [1.165, 1.54) is 0 Å². The zero-order valence-corrected chi connectivity index (χ0v) is 13.2. The fourth-order valence-electron chi connectivity index (χ4n) is 2.91. The Morgan fingerprint density at radius 1 is 1.35 bits per heavy atom. The van der Waals surface area contributed by atoms with Crippen LogP contribution in [0.5, 0.6) is 0 Å². The van der Waals surface area contributed by atoms with E-state index in [0.717, 1.165) is 12.8 Å². The Morgan fingerprint density at radius 3 is 2.75 bits per heavy atom. The van der Waals surface area contributed by atoms with Gasteiger partial charge in [0.2, 0.25) is 0 Å². The average Bonchev–Trinajstić information content (AvgIpc) is 2.44. The molecule has 3 fully saturated rings. The fraction of sp³-hybridized carbons (Fsp3) is 0.733. The summed E-state index contributed by atoms with van der Waals surface area (Å²) in [5.41, 5.74) is 0. The summed E-state index contributed by atoms with van der Waals surface area (Å²) in [6.45, 7) is 2.11. The Balaban J connectivity index is 2.12. The van der Waals surface area contributed by atoms with Crippen LogP contribution in [-0.2, 0) is 14.4 Å². The monoisotopic (exact) mass is 344 g/mol. The Labute approximate surface area is 128 Å². The third-order valence-corrected chi connectivity index (χ3v) is 4.94.